The van der Waals surface area contributed by atoms with Gasteiger partial charge >= 0.3 is 11.9 Å². The molecule has 0 aromatic heterocycles. The van der Waals surface area contributed by atoms with E-state index in [4.69, 9.17) is 9.47 Å². The molecule has 0 N–H and O–H groups in total. The van der Waals surface area contributed by atoms with E-state index < -0.39 is 0 Å². The van der Waals surface area contributed by atoms with Crippen molar-refractivity contribution in [2.75, 3.05) is 13.2 Å². The summed E-state index contributed by atoms with van der Waals surface area (Å²) in [6, 6.07) is 0. The summed E-state index contributed by atoms with van der Waals surface area (Å²) >= 11 is 0. The summed E-state index contributed by atoms with van der Waals surface area (Å²) in [4.78, 5) is 23.8. The van der Waals surface area contributed by atoms with Crippen LogP contribution in [0.25, 0.3) is 0 Å². The van der Waals surface area contributed by atoms with E-state index in [1.165, 1.54) is 141 Å². The highest BCUT2D eigenvalue weighted by Gasteiger charge is 2.05. The first-order valence-electron chi connectivity index (χ1n) is 18.2. The Labute approximate surface area is 256 Å². The van der Waals surface area contributed by atoms with E-state index in [1.807, 2.05) is 0 Å². The fourth-order valence-corrected chi connectivity index (χ4v) is 5.20. The van der Waals surface area contributed by atoms with Crippen molar-refractivity contribution in [1.82, 2.24) is 0 Å². The van der Waals surface area contributed by atoms with Gasteiger partial charge in [-0.15, -0.1) is 0 Å². The van der Waals surface area contributed by atoms with E-state index in [0.29, 0.717) is 32.5 Å². The second kappa shape index (κ2) is 34.9. The molecule has 0 amide bonds. The zero-order chi connectivity index (χ0) is 29.9. The molecule has 0 fully saturated rings. The summed E-state index contributed by atoms with van der Waals surface area (Å²) in [6.07, 6.45) is 39.5. The maximum atomic E-state index is 11.9. The summed E-state index contributed by atoms with van der Waals surface area (Å²) in [5.41, 5.74) is 0. The summed E-state index contributed by atoms with van der Waals surface area (Å²) in [5.74, 6) is -0.242. The summed E-state index contributed by atoms with van der Waals surface area (Å²) in [7, 11) is 0. The van der Waals surface area contributed by atoms with Crippen molar-refractivity contribution in [3.63, 3.8) is 0 Å². The van der Waals surface area contributed by atoms with Gasteiger partial charge in [-0.05, 0) is 38.5 Å². The van der Waals surface area contributed by atoms with E-state index in [1.54, 1.807) is 0 Å². The van der Waals surface area contributed by atoms with Crippen LogP contribution in [0.1, 0.15) is 200 Å². The smallest absolute Gasteiger partial charge is 0.305 e. The number of hydrogen-bond acceptors (Lipinski definition) is 4. The van der Waals surface area contributed by atoms with Crippen molar-refractivity contribution in [2.45, 2.75) is 200 Å². The molecule has 0 aliphatic carbocycles. The van der Waals surface area contributed by atoms with Crippen molar-refractivity contribution >= 4 is 11.9 Å². The van der Waals surface area contributed by atoms with Crippen LogP contribution in [-0.2, 0) is 19.1 Å². The standard InChI is InChI=1S/C37H70O4/c1-3-5-7-9-11-13-15-17-18-20-22-24-26-28-30-33-37(39)41-35-31-34-40-36(38)32-29-27-25-23-21-19-16-14-12-10-8-6-4-2/h17-18H,3-16,19-35H2,1-2H3/b18-17-. The number of ether oxygens (including phenoxy) is 2. The fourth-order valence-electron chi connectivity index (χ4n) is 5.20. The third-order valence-corrected chi connectivity index (χ3v) is 7.94. The van der Waals surface area contributed by atoms with Crippen molar-refractivity contribution in [3.8, 4) is 0 Å². The Morgan fingerprint density at radius 2 is 0.683 bits per heavy atom. The van der Waals surface area contributed by atoms with Gasteiger partial charge in [0.2, 0.25) is 0 Å². The van der Waals surface area contributed by atoms with Crippen LogP contribution in [0.5, 0.6) is 0 Å². The molecular formula is C37H70O4. The van der Waals surface area contributed by atoms with E-state index in [-0.39, 0.29) is 11.9 Å². The summed E-state index contributed by atoms with van der Waals surface area (Å²) in [6.45, 7) is 5.22. The van der Waals surface area contributed by atoms with Crippen LogP contribution in [0.15, 0.2) is 12.2 Å². The molecule has 0 spiro atoms. The number of esters is 2. The number of carbonyl (C=O) groups excluding carboxylic acids is 2. The van der Waals surface area contributed by atoms with Gasteiger partial charge in [0.15, 0.2) is 0 Å². The molecule has 0 aromatic carbocycles. The van der Waals surface area contributed by atoms with Gasteiger partial charge in [0.25, 0.3) is 0 Å². The van der Waals surface area contributed by atoms with Crippen LogP contribution < -0.4 is 0 Å². The number of hydrogen-bond donors (Lipinski definition) is 0. The topological polar surface area (TPSA) is 52.6 Å². The number of carbonyl (C=O) groups is 2. The van der Waals surface area contributed by atoms with Crippen LogP contribution in [0.3, 0.4) is 0 Å². The molecular weight excluding hydrogens is 508 g/mol. The molecule has 0 bridgehead atoms. The first-order chi connectivity index (χ1) is 20.2. The molecule has 4 heteroatoms. The van der Waals surface area contributed by atoms with E-state index in [2.05, 4.69) is 26.0 Å². The molecule has 4 nitrogen and oxygen atoms in total. The van der Waals surface area contributed by atoms with Gasteiger partial charge in [0.1, 0.15) is 0 Å². The second-order valence-corrected chi connectivity index (χ2v) is 12.1. The Morgan fingerprint density at radius 3 is 1.02 bits per heavy atom. The molecule has 0 aliphatic rings. The Morgan fingerprint density at radius 1 is 0.390 bits per heavy atom. The van der Waals surface area contributed by atoms with Gasteiger partial charge in [-0.1, -0.05) is 154 Å². The Balaban J connectivity index is 3.30. The molecule has 242 valence electrons. The van der Waals surface area contributed by atoms with Gasteiger partial charge in [0.05, 0.1) is 13.2 Å². The van der Waals surface area contributed by atoms with Crippen LogP contribution in [0, 0.1) is 0 Å². The first-order valence-corrected chi connectivity index (χ1v) is 18.2. The third-order valence-electron chi connectivity index (χ3n) is 7.94. The highest BCUT2D eigenvalue weighted by molar-refractivity contribution is 5.69. The average molecular weight is 579 g/mol. The van der Waals surface area contributed by atoms with Crippen molar-refractivity contribution in [2.24, 2.45) is 0 Å². The van der Waals surface area contributed by atoms with E-state index in [0.717, 1.165) is 25.7 Å². The molecule has 0 heterocycles. The Hall–Kier alpha value is -1.32. The monoisotopic (exact) mass is 579 g/mol. The molecule has 0 rings (SSSR count). The second-order valence-electron chi connectivity index (χ2n) is 12.1. The van der Waals surface area contributed by atoms with Crippen molar-refractivity contribution < 1.29 is 19.1 Å². The number of rotatable bonds is 33. The predicted molar refractivity (Wildman–Crippen MR) is 176 cm³/mol. The lowest BCUT2D eigenvalue weighted by molar-refractivity contribution is -0.146. The lowest BCUT2D eigenvalue weighted by atomic mass is 10.0. The zero-order valence-electron chi connectivity index (χ0n) is 27.7. The van der Waals surface area contributed by atoms with Crippen LogP contribution >= 0.6 is 0 Å². The molecule has 0 radical (unpaired) electrons. The number of unbranched alkanes of at least 4 members (excludes halogenated alkanes) is 23. The minimum Gasteiger partial charge on any atom is -0.466 e. The first kappa shape index (κ1) is 39.7. The lowest BCUT2D eigenvalue weighted by Crippen LogP contribution is -2.10. The Bertz CT molecular complexity index is 571. The highest BCUT2D eigenvalue weighted by atomic mass is 16.5. The van der Waals surface area contributed by atoms with Crippen molar-refractivity contribution in [1.29, 1.82) is 0 Å². The van der Waals surface area contributed by atoms with E-state index >= 15 is 0 Å². The molecule has 0 saturated carbocycles. The molecule has 0 aromatic rings. The predicted octanol–water partition coefficient (Wildman–Crippen LogP) is 12.0. The minimum atomic E-state index is -0.124. The molecule has 0 unspecified atom stereocenters. The fraction of sp³-hybridized carbons (Fsp3) is 0.892. The largest absolute Gasteiger partial charge is 0.466 e. The molecule has 0 atom stereocenters. The quantitative estimate of drug-likeness (QED) is 0.0441. The van der Waals surface area contributed by atoms with Gasteiger partial charge in [0, 0.05) is 19.3 Å². The third kappa shape index (κ3) is 34.8. The maximum absolute atomic E-state index is 11.9. The lowest BCUT2D eigenvalue weighted by Gasteiger charge is -2.07. The summed E-state index contributed by atoms with van der Waals surface area (Å²) in [5, 5.41) is 0. The molecule has 0 aliphatic heterocycles. The van der Waals surface area contributed by atoms with Crippen LogP contribution in [-0.4, -0.2) is 25.2 Å². The van der Waals surface area contributed by atoms with Gasteiger partial charge in [-0.3, -0.25) is 9.59 Å². The highest BCUT2D eigenvalue weighted by Crippen LogP contribution is 2.14. The SMILES string of the molecule is CCCCCCCC/C=C\CCCCCCCC(=O)OCCCOC(=O)CCCCCCCCCCCCCCC. The summed E-state index contributed by atoms with van der Waals surface area (Å²) < 4.78 is 10.6. The average Bonchev–Trinajstić information content (AvgIpc) is 2.97. The van der Waals surface area contributed by atoms with Gasteiger partial charge in [-0.2, -0.15) is 0 Å². The zero-order valence-corrected chi connectivity index (χ0v) is 27.7. The van der Waals surface area contributed by atoms with Crippen molar-refractivity contribution in [3.05, 3.63) is 12.2 Å². The van der Waals surface area contributed by atoms with E-state index in [9.17, 15) is 9.59 Å². The minimum absolute atomic E-state index is 0.118. The van der Waals surface area contributed by atoms with Crippen LogP contribution in [0.4, 0.5) is 0 Å². The van der Waals surface area contributed by atoms with Crippen LogP contribution in [0.2, 0.25) is 0 Å². The Kier molecular flexibility index (Phi) is 33.8. The normalized spacial score (nSPS) is 11.4. The molecule has 0 saturated heterocycles. The number of allylic oxidation sites excluding steroid dienone is 2. The maximum Gasteiger partial charge on any atom is 0.305 e. The molecule has 41 heavy (non-hydrogen) atoms. The van der Waals surface area contributed by atoms with Gasteiger partial charge < -0.3 is 9.47 Å². The van der Waals surface area contributed by atoms with Gasteiger partial charge in [-0.25, -0.2) is 0 Å².